The highest BCUT2D eigenvalue weighted by Crippen LogP contribution is 2.16. The van der Waals surface area contributed by atoms with Crippen molar-refractivity contribution in [1.29, 1.82) is 0 Å². The predicted molar refractivity (Wildman–Crippen MR) is 264 cm³/mol. The van der Waals surface area contributed by atoms with Crippen LogP contribution in [0.4, 0.5) is 0 Å². The minimum atomic E-state index is -0.672. The molecule has 358 valence electrons. The third-order valence-corrected chi connectivity index (χ3v) is 12.2. The molecule has 0 aliphatic rings. The number of hydrogen-bond acceptors (Lipinski definition) is 5. The predicted octanol–water partition coefficient (Wildman–Crippen LogP) is 16.1. The molecule has 0 saturated heterocycles. The molecule has 1 amide bonds. The van der Waals surface area contributed by atoms with E-state index in [9.17, 15) is 19.8 Å². The average molecular weight is 858 g/mol. The number of unbranched alkanes of at least 4 members (excludes halogenated alkanes) is 32. The number of rotatable bonds is 49. The molecular weight excluding hydrogens is 755 g/mol. The van der Waals surface area contributed by atoms with E-state index in [4.69, 9.17) is 4.74 Å². The Hall–Kier alpha value is -1.92. The summed E-state index contributed by atoms with van der Waals surface area (Å²) in [5.74, 6) is -0.0630. The molecule has 2 unspecified atom stereocenters. The zero-order chi connectivity index (χ0) is 44.4. The van der Waals surface area contributed by atoms with Gasteiger partial charge >= 0.3 is 5.97 Å². The van der Waals surface area contributed by atoms with Gasteiger partial charge in [-0.25, -0.2) is 0 Å². The number of hydrogen-bond donors (Lipinski definition) is 3. The van der Waals surface area contributed by atoms with Crippen LogP contribution in [-0.2, 0) is 14.3 Å². The Kier molecular flexibility index (Phi) is 49.1. The molecule has 0 fully saturated rings. The van der Waals surface area contributed by atoms with Crippen molar-refractivity contribution in [3.63, 3.8) is 0 Å². The summed E-state index contributed by atoms with van der Waals surface area (Å²) in [5, 5.41) is 23.1. The Balaban J connectivity index is 3.45. The molecule has 0 aromatic heterocycles. The second-order valence-corrected chi connectivity index (χ2v) is 18.2. The second-order valence-electron chi connectivity index (χ2n) is 18.2. The van der Waals surface area contributed by atoms with Crippen LogP contribution >= 0.6 is 0 Å². The van der Waals surface area contributed by atoms with Crippen LogP contribution in [0, 0.1) is 0 Å². The van der Waals surface area contributed by atoms with Crippen molar-refractivity contribution < 1.29 is 24.5 Å². The maximum Gasteiger partial charge on any atom is 0.305 e. The third kappa shape index (κ3) is 47.4. The minimum absolute atomic E-state index is 0.0116. The molecule has 0 spiro atoms. The van der Waals surface area contributed by atoms with Gasteiger partial charge in [0.05, 0.1) is 25.4 Å². The molecule has 6 nitrogen and oxygen atoms in total. The Bertz CT molecular complexity index is 993. The first-order valence-electron chi connectivity index (χ1n) is 26.7. The van der Waals surface area contributed by atoms with Crippen molar-refractivity contribution in [3.05, 3.63) is 36.5 Å². The average Bonchev–Trinajstić information content (AvgIpc) is 3.26. The van der Waals surface area contributed by atoms with Gasteiger partial charge in [-0.3, -0.25) is 9.59 Å². The lowest BCUT2D eigenvalue weighted by Gasteiger charge is -2.22. The van der Waals surface area contributed by atoms with E-state index in [2.05, 4.69) is 55.6 Å². The van der Waals surface area contributed by atoms with Crippen LogP contribution in [0.15, 0.2) is 36.5 Å². The van der Waals surface area contributed by atoms with E-state index in [-0.39, 0.29) is 18.5 Å². The van der Waals surface area contributed by atoms with Crippen molar-refractivity contribution in [3.8, 4) is 0 Å². The number of carbonyl (C=O) groups is 2. The molecule has 61 heavy (non-hydrogen) atoms. The summed E-state index contributed by atoms with van der Waals surface area (Å²) < 4.78 is 5.46. The number of carbonyl (C=O) groups excluding carboxylic acids is 2. The van der Waals surface area contributed by atoms with Gasteiger partial charge in [0.25, 0.3) is 0 Å². The Morgan fingerprint density at radius 3 is 1.30 bits per heavy atom. The standard InChI is InChI=1S/C55H103NO5/c1-3-5-7-9-11-13-15-16-21-25-29-33-37-41-45-49-55(60)61-50-46-42-38-34-30-26-23-20-18-17-19-22-24-28-32-36-40-44-48-54(59)56-52(51-57)53(58)47-43-39-35-31-27-14-12-10-8-6-4-2/h11,13,16,19,21-22,52-53,57-58H,3-10,12,14-15,17-18,20,23-51H2,1-2H3,(H,56,59)/b13-11-,21-16-,22-19-. The van der Waals surface area contributed by atoms with Gasteiger partial charge < -0.3 is 20.3 Å². The van der Waals surface area contributed by atoms with E-state index < -0.39 is 12.1 Å². The fourth-order valence-corrected chi connectivity index (χ4v) is 8.02. The molecule has 0 radical (unpaired) electrons. The first-order chi connectivity index (χ1) is 30.0. The van der Waals surface area contributed by atoms with E-state index in [1.54, 1.807) is 0 Å². The summed E-state index contributed by atoms with van der Waals surface area (Å²) in [6, 6.07) is -0.551. The van der Waals surface area contributed by atoms with Crippen LogP contribution in [0.25, 0.3) is 0 Å². The van der Waals surface area contributed by atoms with Gasteiger partial charge in [0, 0.05) is 12.8 Å². The van der Waals surface area contributed by atoms with Crippen LogP contribution in [0.1, 0.15) is 277 Å². The van der Waals surface area contributed by atoms with Gasteiger partial charge in [-0.2, -0.15) is 0 Å². The maximum absolute atomic E-state index is 12.4. The molecule has 0 aliphatic carbocycles. The topological polar surface area (TPSA) is 95.9 Å². The molecule has 2 atom stereocenters. The van der Waals surface area contributed by atoms with E-state index in [0.29, 0.717) is 25.9 Å². The number of ether oxygens (including phenoxy) is 1. The maximum atomic E-state index is 12.4. The van der Waals surface area contributed by atoms with Crippen LogP contribution in [0.5, 0.6) is 0 Å². The number of allylic oxidation sites excluding steroid dienone is 6. The first-order valence-corrected chi connectivity index (χ1v) is 26.7. The summed E-state index contributed by atoms with van der Waals surface area (Å²) in [6.07, 6.45) is 61.2. The van der Waals surface area contributed by atoms with Crippen molar-refractivity contribution in [2.24, 2.45) is 0 Å². The van der Waals surface area contributed by atoms with Gasteiger partial charge in [-0.15, -0.1) is 0 Å². The van der Waals surface area contributed by atoms with Crippen LogP contribution < -0.4 is 5.32 Å². The number of esters is 1. The molecule has 0 heterocycles. The van der Waals surface area contributed by atoms with Gasteiger partial charge in [-0.05, 0) is 83.5 Å². The smallest absolute Gasteiger partial charge is 0.305 e. The third-order valence-electron chi connectivity index (χ3n) is 12.2. The Labute approximate surface area is 379 Å². The van der Waals surface area contributed by atoms with Gasteiger partial charge in [0.2, 0.25) is 5.91 Å². The summed E-state index contributed by atoms with van der Waals surface area (Å²) in [4.78, 5) is 24.4. The lowest BCUT2D eigenvalue weighted by atomic mass is 10.0. The highest BCUT2D eigenvalue weighted by Gasteiger charge is 2.20. The number of aliphatic hydroxyl groups excluding tert-OH is 2. The molecule has 3 N–H and O–H groups in total. The molecule has 0 aromatic carbocycles. The molecule has 0 saturated carbocycles. The van der Waals surface area contributed by atoms with Gasteiger partial charge in [0.1, 0.15) is 0 Å². The van der Waals surface area contributed by atoms with E-state index >= 15 is 0 Å². The second kappa shape index (κ2) is 50.7. The van der Waals surface area contributed by atoms with E-state index in [1.165, 1.54) is 173 Å². The lowest BCUT2D eigenvalue weighted by molar-refractivity contribution is -0.143. The monoisotopic (exact) mass is 858 g/mol. The molecular formula is C55H103NO5. The zero-order valence-corrected chi connectivity index (χ0v) is 40.6. The molecule has 0 rings (SSSR count). The Morgan fingerprint density at radius 2 is 0.820 bits per heavy atom. The van der Waals surface area contributed by atoms with Crippen molar-refractivity contribution in [2.75, 3.05) is 13.2 Å². The number of nitrogens with one attached hydrogen (secondary N) is 1. The van der Waals surface area contributed by atoms with Crippen molar-refractivity contribution >= 4 is 11.9 Å². The largest absolute Gasteiger partial charge is 0.466 e. The molecule has 0 aromatic rings. The fourth-order valence-electron chi connectivity index (χ4n) is 8.02. The van der Waals surface area contributed by atoms with Crippen LogP contribution in [0.3, 0.4) is 0 Å². The molecule has 0 bridgehead atoms. The summed E-state index contributed by atoms with van der Waals surface area (Å²) in [6.45, 7) is 4.89. The summed E-state index contributed by atoms with van der Waals surface area (Å²) >= 11 is 0. The normalized spacial score (nSPS) is 12.9. The lowest BCUT2D eigenvalue weighted by Crippen LogP contribution is -2.45. The van der Waals surface area contributed by atoms with Gasteiger partial charge in [-0.1, -0.05) is 217 Å². The van der Waals surface area contributed by atoms with Gasteiger partial charge in [0.15, 0.2) is 0 Å². The molecule has 0 aliphatic heterocycles. The first kappa shape index (κ1) is 59.1. The van der Waals surface area contributed by atoms with Crippen LogP contribution in [0.2, 0.25) is 0 Å². The summed E-state index contributed by atoms with van der Waals surface area (Å²) in [7, 11) is 0. The molecule has 6 heteroatoms. The van der Waals surface area contributed by atoms with Crippen molar-refractivity contribution in [2.45, 2.75) is 289 Å². The number of amides is 1. The van der Waals surface area contributed by atoms with E-state index in [0.717, 1.165) is 70.6 Å². The minimum Gasteiger partial charge on any atom is -0.466 e. The van der Waals surface area contributed by atoms with Crippen LogP contribution in [-0.4, -0.2) is 47.4 Å². The number of aliphatic hydroxyl groups is 2. The SMILES string of the molecule is CCCCC/C=C\C/C=C\CCCCCCCC(=O)OCCCCCCCCCCC/C=C\CCCCCCCC(=O)NC(CO)C(O)CCCCCCCCCCCCC. The Morgan fingerprint density at radius 1 is 0.459 bits per heavy atom. The zero-order valence-electron chi connectivity index (χ0n) is 40.6. The fraction of sp³-hybridized carbons (Fsp3) is 0.855. The van der Waals surface area contributed by atoms with Crippen molar-refractivity contribution in [1.82, 2.24) is 5.32 Å². The summed E-state index contributed by atoms with van der Waals surface area (Å²) in [5.41, 5.74) is 0. The highest BCUT2D eigenvalue weighted by atomic mass is 16.5. The highest BCUT2D eigenvalue weighted by molar-refractivity contribution is 5.76. The quantitative estimate of drug-likeness (QED) is 0.0322. The van der Waals surface area contributed by atoms with E-state index in [1.807, 2.05) is 0 Å².